The lowest BCUT2D eigenvalue weighted by Crippen LogP contribution is -2.01. The molecule has 0 rings (SSSR count). The van der Waals surface area contributed by atoms with Crippen LogP contribution in [0.2, 0.25) is 0 Å². The molecule has 0 fully saturated rings. The average molecular weight is 130 g/mol. The first-order chi connectivity index (χ1) is 3.91. The van der Waals surface area contributed by atoms with Crippen molar-refractivity contribution in [1.82, 2.24) is 5.43 Å². The fourth-order valence-electron chi connectivity index (χ4n) is 0.202. The molecule has 3 heteroatoms. The van der Waals surface area contributed by atoms with E-state index in [2.05, 4.69) is 17.1 Å². The second-order valence-electron chi connectivity index (χ2n) is 1.05. The van der Waals surface area contributed by atoms with Gasteiger partial charge in [0, 0.05) is 6.54 Å². The van der Waals surface area contributed by atoms with Gasteiger partial charge in [-0.25, -0.2) is 0 Å². The maximum atomic E-state index is 3.80. The second kappa shape index (κ2) is 6.56. The van der Waals surface area contributed by atoms with Crippen LogP contribution in [0.3, 0.4) is 0 Å². The molecule has 2 nitrogen and oxygen atoms in total. The first-order valence-electron chi connectivity index (χ1n) is 2.42. The number of hydrogen-bond acceptors (Lipinski definition) is 3. The lowest BCUT2D eigenvalue weighted by Gasteiger charge is -1.87. The quantitative estimate of drug-likeness (QED) is 0.353. The first kappa shape index (κ1) is 7.56. The maximum absolute atomic E-state index is 3.80. The van der Waals surface area contributed by atoms with E-state index < -0.39 is 0 Å². The minimum Gasteiger partial charge on any atom is -0.310 e. The Labute approximate surface area is 54.0 Å². The van der Waals surface area contributed by atoms with E-state index in [1.165, 1.54) is 11.8 Å². The van der Waals surface area contributed by atoms with Crippen molar-refractivity contribution in [2.24, 2.45) is 5.10 Å². The summed E-state index contributed by atoms with van der Waals surface area (Å²) in [6, 6.07) is 0. The summed E-state index contributed by atoms with van der Waals surface area (Å²) in [5, 5.41) is 5.52. The Kier molecular flexibility index (Phi) is 6.20. The summed E-state index contributed by atoms with van der Waals surface area (Å²) in [6.45, 7) is 6.37. The van der Waals surface area contributed by atoms with Gasteiger partial charge >= 0.3 is 0 Å². The van der Waals surface area contributed by atoms with E-state index in [-0.39, 0.29) is 0 Å². The van der Waals surface area contributed by atoms with Gasteiger partial charge in [0.05, 0.1) is 5.55 Å². The third-order valence-corrected chi connectivity index (χ3v) is 0.879. The minimum absolute atomic E-state index is 0.869. The summed E-state index contributed by atoms with van der Waals surface area (Å²) >= 11 is 1.46. The lowest BCUT2D eigenvalue weighted by atomic mass is 10.8. The van der Waals surface area contributed by atoms with Gasteiger partial charge in [-0.1, -0.05) is 18.3 Å². The molecule has 8 heavy (non-hydrogen) atoms. The third-order valence-electron chi connectivity index (χ3n) is 0.459. The average Bonchev–Trinajstić information content (AvgIpc) is 1.81. The molecular formula is C5H10N2S. The Balaban J connectivity index is 2.94. The van der Waals surface area contributed by atoms with Crippen molar-refractivity contribution in [2.45, 2.75) is 6.92 Å². The third kappa shape index (κ3) is 5.56. The van der Waals surface area contributed by atoms with Crippen LogP contribution in [-0.2, 0) is 0 Å². The zero-order valence-electron chi connectivity index (χ0n) is 4.92. The highest BCUT2D eigenvalue weighted by molar-refractivity contribution is 8.14. The molecule has 0 saturated carbocycles. The van der Waals surface area contributed by atoms with Crippen molar-refractivity contribution in [2.75, 3.05) is 6.54 Å². The Morgan fingerprint density at radius 1 is 1.88 bits per heavy atom. The SMILES string of the molecule is C=CS/C=N\NCC. The summed E-state index contributed by atoms with van der Waals surface area (Å²) in [6.07, 6.45) is 0. The largest absolute Gasteiger partial charge is 0.310 e. The van der Waals surface area contributed by atoms with Crippen LogP contribution in [-0.4, -0.2) is 12.1 Å². The topological polar surface area (TPSA) is 24.4 Å². The molecule has 0 aliphatic carbocycles. The number of hydrazone groups is 1. The molecule has 0 aromatic rings. The molecule has 0 aliphatic heterocycles. The van der Waals surface area contributed by atoms with E-state index in [1.807, 2.05) is 6.92 Å². The highest BCUT2D eigenvalue weighted by Crippen LogP contribution is 1.90. The predicted octanol–water partition coefficient (Wildman–Crippen LogP) is 1.42. The molecule has 1 N–H and O–H groups in total. The Morgan fingerprint density at radius 3 is 3.12 bits per heavy atom. The van der Waals surface area contributed by atoms with E-state index in [4.69, 9.17) is 0 Å². The minimum atomic E-state index is 0.869. The lowest BCUT2D eigenvalue weighted by molar-refractivity contribution is 0.790. The van der Waals surface area contributed by atoms with E-state index in [9.17, 15) is 0 Å². The highest BCUT2D eigenvalue weighted by Gasteiger charge is 1.66. The van der Waals surface area contributed by atoms with Gasteiger partial charge in [0.1, 0.15) is 0 Å². The maximum Gasteiger partial charge on any atom is 0.0839 e. The Hall–Kier alpha value is -0.440. The number of nitrogens with one attached hydrogen (secondary N) is 1. The van der Waals surface area contributed by atoms with Gasteiger partial charge < -0.3 is 5.43 Å². The molecule has 0 aliphatic rings. The predicted molar refractivity (Wildman–Crippen MR) is 40.0 cm³/mol. The van der Waals surface area contributed by atoms with Crippen LogP contribution in [0.4, 0.5) is 0 Å². The van der Waals surface area contributed by atoms with Gasteiger partial charge in [0.15, 0.2) is 0 Å². The van der Waals surface area contributed by atoms with E-state index in [0.717, 1.165) is 6.54 Å². The number of hydrogen-bond donors (Lipinski definition) is 1. The van der Waals surface area contributed by atoms with E-state index >= 15 is 0 Å². The molecule has 0 atom stereocenters. The van der Waals surface area contributed by atoms with Crippen LogP contribution in [0, 0.1) is 0 Å². The number of rotatable bonds is 4. The Morgan fingerprint density at radius 2 is 2.62 bits per heavy atom. The van der Waals surface area contributed by atoms with Gasteiger partial charge in [-0.05, 0) is 12.3 Å². The number of thioether (sulfide) groups is 1. The van der Waals surface area contributed by atoms with Crippen molar-refractivity contribution in [3.63, 3.8) is 0 Å². The van der Waals surface area contributed by atoms with Gasteiger partial charge in [0.25, 0.3) is 0 Å². The summed E-state index contributed by atoms with van der Waals surface area (Å²) in [4.78, 5) is 0. The standard InChI is InChI=1S/C5H10N2S/c1-3-6-7-5-8-4-2/h4-6H,2-3H2,1H3/b7-5-. The summed E-state index contributed by atoms with van der Waals surface area (Å²) < 4.78 is 0. The molecule has 0 amide bonds. The normalized spacial score (nSPS) is 9.62. The van der Waals surface area contributed by atoms with Gasteiger partial charge in [-0.15, -0.1) is 0 Å². The molecule has 0 saturated heterocycles. The fourth-order valence-corrected chi connectivity index (χ4v) is 0.423. The van der Waals surface area contributed by atoms with Crippen LogP contribution in [0.25, 0.3) is 0 Å². The van der Waals surface area contributed by atoms with Crippen molar-refractivity contribution in [1.29, 1.82) is 0 Å². The molecule has 0 aromatic heterocycles. The van der Waals surface area contributed by atoms with Gasteiger partial charge in [0.2, 0.25) is 0 Å². The fraction of sp³-hybridized carbons (Fsp3) is 0.400. The monoisotopic (exact) mass is 130 g/mol. The highest BCUT2D eigenvalue weighted by atomic mass is 32.2. The molecule has 46 valence electrons. The number of nitrogens with zero attached hydrogens (tertiary/aromatic N) is 1. The summed E-state index contributed by atoms with van der Waals surface area (Å²) in [5.41, 5.74) is 4.49. The van der Waals surface area contributed by atoms with Crippen LogP contribution in [0.15, 0.2) is 17.1 Å². The smallest absolute Gasteiger partial charge is 0.0839 e. The van der Waals surface area contributed by atoms with Crippen LogP contribution < -0.4 is 5.43 Å². The van der Waals surface area contributed by atoms with Crippen molar-refractivity contribution < 1.29 is 0 Å². The van der Waals surface area contributed by atoms with Crippen molar-refractivity contribution >= 4 is 17.3 Å². The molecule has 0 heterocycles. The Bertz CT molecular complexity index is 80.5. The molecule has 0 aromatic carbocycles. The zero-order valence-corrected chi connectivity index (χ0v) is 5.74. The van der Waals surface area contributed by atoms with Gasteiger partial charge in [-0.3, -0.25) is 0 Å². The zero-order chi connectivity index (χ0) is 6.24. The van der Waals surface area contributed by atoms with Crippen LogP contribution in [0.5, 0.6) is 0 Å². The van der Waals surface area contributed by atoms with E-state index in [0.29, 0.717) is 0 Å². The molecular weight excluding hydrogens is 120 g/mol. The summed E-state index contributed by atoms with van der Waals surface area (Å²) in [7, 11) is 0. The summed E-state index contributed by atoms with van der Waals surface area (Å²) in [5.74, 6) is 0. The first-order valence-corrected chi connectivity index (χ1v) is 3.36. The van der Waals surface area contributed by atoms with Crippen LogP contribution in [0.1, 0.15) is 6.92 Å². The van der Waals surface area contributed by atoms with Crippen molar-refractivity contribution in [3.05, 3.63) is 12.0 Å². The van der Waals surface area contributed by atoms with Crippen LogP contribution >= 0.6 is 11.8 Å². The molecule has 0 radical (unpaired) electrons. The van der Waals surface area contributed by atoms with Gasteiger partial charge in [-0.2, -0.15) is 5.10 Å². The van der Waals surface area contributed by atoms with Crippen molar-refractivity contribution in [3.8, 4) is 0 Å². The van der Waals surface area contributed by atoms with E-state index in [1.54, 1.807) is 11.0 Å². The molecule has 0 unspecified atom stereocenters. The molecule has 0 bridgehead atoms. The second-order valence-corrected chi connectivity index (χ2v) is 1.87. The molecule has 0 spiro atoms.